The number of hydrogen-bond acceptors (Lipinski definition) is 4. The van der Waals surface area contributed by atoms with Crippen LogP contribution in [0.1, 0.15) is 24.4 Å². The summed E-state index contributed by atoms with van der Waals surface area (Å²) >= 11 is 5.97. The van der Waals surface area contributed by atoms with Gasteiger partial charge in [0.15, 0.2) is 0 Å². The van der Waals surface area contributed by atoms with Gasteiger partial charge in [-0.05, 0) is 54.4 Å². The van der Waals surface area contributed by atoms with Crippen molar-refractivity contribution < 1.29 is 9.53 Å². The summed E-state index contributed by atoms with van der Waals surface area (Å²) in [4.78, 5) is 14.3. The highest BCUT2D eigenvalue weighted by atomic mass is 35.5. The zero-order valence-corrected chi connectivity index (χ0v) is 14.6. The van der Waals surface area contributed by atoms with Crippen LogP contribution in [-0.2, 0) is 4.79 Å². The van der Waals surface area contributed by atoms with Gasteiger partial charge in [-0.2, -0.15) is 5.10 Å². The molecule has 1 unspecified atom stereocenters. The van der Waals surface area contributed by atoms with Crippen LogP contribution in [0.25, 0.3) is 0 Å². The van der Waals surface area contributed by atoms with Crippen LogP contribution in [0.3, 0.4) is 0 Å². The van der Waals surface area contributed by atoms with Gasteiger partial charge in [-0.1, -0.05) is 23.7 Å². The molecule has 0 aliphatic carbocycles. The Morgan fingerprint density at radius 3 is 2.69 bits per heavy atom. The Hall–Kier alpha value is -2.92. The first-order valence-corrected chi connectivity index (χ1v) is 8.72. The lowest BCUT2D eigenvalue weighted by atomic mass is 10.0. The highest BCUT2D eigenvalue weighted by Gasteiger charge is 2.33. The number of benzene rings is 2. The molecule has 0 spiro atoms. The second kappa shape index (κ2) is 7.14. The predicted octanol–water partition coefficient (Wildman–Crippen LogP) is 4.79. The minimum Gasteiger partial charge on any atom is -0.438 e. The van der Waals surface area contributed by atoms with Crippen molar-refractivity contribution in [3.8, 4) is 11.6 Å². The Balaban J connectivity index is 1.62. The Bertz CT molecular complexity index is 916. The normalized spacial score (nSPS) is 16.7. The van der Waals surface area contributed by atoms with Crippen molar-refractivity contribution >= 4 is 23.2 Å². The molecule has 130 valence electrons. The van der Waals surface area contributed by atoms with Gasteiger partial charge in [-0.25, -0.2) is 0 Å². The van der Waals surface area contributed by atoms with Crippen LogP contribution in [0.15, 0.2) is 66.9 Å². The largest absolute Gasteiger partial charge is 0.438 e. The van der Waals surface area contributed by atoms with Crippen molar-refractivity contribution in [2.24, 2.45) is 0 Å². The molecule has 1 amide bonds. The van der Waals surface area contributed by atoms with Gasteiger partial charge in [0.2, 0.25) is 11.8 Å². The number of anilines is 1. The van der Waals surface area contributed by atoms with Crippen molar-refractivity contribution in [2.75, 3.05) is 4.90 Å². The summed E-state index contributed by atoms with van der Waals surface area (Å²) in [6.07, 6.45) is 2.87. The first-order valence-electron chi connectivity index (χ1n) is 8.34. The van der Waals surface area contributed by atoms with E-state index in [0.29, 0.717) is 23.1 Å². The zero-order valence-electron chi connectivity index (χ0n) is 13.9. The van der Waals surface area contributed by atoms with Gasteiger partial charge in [-0.3, -0.25) is 4.79 Å². The quantitative estimate of drug-likeness (QED) is 0.667. The summed E-state index contributed by atoms with van der Waals surface area (Å²) < 4.78 is 5.77. The molecule has 0 radical (unpaired) electrons. The second-order valence-electron chi connectivity index (χ2n) is 6.03. The van der Waals surface area contributed by atoms with Gasteiger partial charge in [-0.15, -0.1) is 5.10 Å². The van der Waals surface area contributed by atoms with E-state index in [0.717, 1.165) is 17.7 Å². The summed E-state index contributed by atoms with van der Waals surface area (Å²) in [5.74, 6) is 1.21. The van der Waals surface area contributed by atoms with Crippen LogP contribution in [0.5, 0.6) is 11.6 Å². The summed E-state index contributed by atoms with van der Waals surface area (Å²) in [6.45, 7) is 0. The summed E-state index contributed by atoms with van der Waals surface area (Å²) in [5, 5.41) is 8.39. The van der Waals surface area contributed by atoms with Gasteiger partial charge in [0, 0.05) is 29.4 Å². The monoisotopic (exact) mass is 365 g/mol. The van der Waals surface area contributed by atoms with Crippen molar-refractivity contribution in [3.63, 3.8) is 0 Å². The molecule has 26 heavy (non-hydrogen) atoms. The van der Waals surface area contributed by atoms with Crippen molar-refractivity contribution in [1.82, 2.24) is 10.2 Å². The standard InChI is InChI=1S/C20H16ClN3O2/c21-15-6-8-16(9-7-15)24-18(10-11-20(24)25)14-3-1-4-17(13-14)26-19-5-2-12-22-23-19/h1-9,12-13,18H,10-11H2. The molecule has 1 aliphatic rings. The molecule has 1 atom stereocenters. The van der Waals surface area contributed by atoms with Crippen molar-refractivity contribution in [1.29, 1.82) is 0 Å². The molecule has 1 aromatic heterocycles. The fraction of sp³-hybridized carbons (Fsp3) is 0.150. The van der Waals surface area contributed by atoms with E-state index >= 15 is 0 Å². The van der Waals surface area contributed by atoms with Gasteiger partial charge in [0.25, 0.3) is 0 Å². The molecule has 0 N–H and O–H groups in total. The lowest BCUT2D eigenvalue weighted by Crippen LogP contribution is -2.27. The molecule has 5 nitrogen and oxygen atoms in total. The van der Waals surface area contributed by atoms with E-state index in [9.17, 15) is 4.79 Å². The van der Waals surface area contributed by atoms with Crippen LogP contribution in [0, 0.1) is 0 Å². The fourth-order valence-corrected chi connectivity index (χ4v) is 3.30. The average molecular weight is 366 g/mol. The van der Waals surface area contributed by atoms with Gasteiger partial charge < -0.3 is 9.64 Å². The summed E-state index contributed by atoms with van der Waals surface area (Å²) in [5.41, 5.74) is 1.87. The third-order valence-electron chi connectivity index (χ3n) is 4.33. The number of aromatic nitrogens is 2. The molecule has 3 aromatic rings. The SMILES string of the molecule is O=C1CCC(c2cccc(Oc3cccnn3)c2)N1c1ccc(Cl)cc1. The molecule has 4 rings (SSSR count). The Labute approximate surface area is 156 Å². The number of carbonyl (C=O) groups is 1. The first kappa shape index (κ1) is 16.5. The van der Waals surface area contributed by atoms with Crippen LogP contribution in [0.4, 0.5) is 5.69 Å². The van der Waals surface area contributed by atoms with E-state index in [4.69, 9.17) is 16.3 Å². The lowest BCUT2D eigenvalue weighted by molar-refractivity contribution is -0.117. The maximum atomic E-state index is 12.5. The molecular formula is C20H16ClN3O2. The Kier molecular flexibility index (Phi) is 4.54. The van der Waals surface area contributed by atoms with E-state index in [1.54, 1.807) is 30.5 Å². The maximum Gasteiger partial charge on any atom is 0.238 e. The summed E-state index contributed by atoms with van der Waals surface area (Å²) in [7, 11) is 0. The van der Waals surface area contributed by atoms with Crippen LogP contribution in [0.2, 0.25) is 5.02 Å². The number of rotatable bonds is 4. The number of halogens is 1. The summed E-state index contributed by atoms with van der Waals surface area (Å²) in [6, 6.07) is 18.6. The van der Waals surface area contributed by atoms with Crippen LogP contribution >= 0.6 is 11.6 Å². The van der Waals surface area contributed by atoms with Gasteiger partial charge >= 0.3 is 0 Å². The second-order valence-corrected chi connectivity index (χ2v) is 6.47. The molecule has 0 bridgehead atoms. The molecule has 0 saturated carbocycles. The predicted molar refractivity (Wildman–Crippen MR) is 99.5 cm³/mol. The number of hydrogen-bond donors (Lipinski definition) is 0. The number of ether oxygens (including phenoxy) is 1. The van der Waals surface area contributed by atoms with Crippen molar-refractivity contribution in [2.45, 2.75) is 18.9 Å². The number of amides is 1. The highest BCUT2D eigenvalue weighted by Crippen LogP contribution is 2.38. The van der Waals surface area contributed by atoms with E-state index < -0.39 is 0 Å². The molecule has 1 fully saturated rings. The molecule has 1 saturated heterocycles. The smallest absolute Gasteiger partial charge is 0.238 e. The van der Waals surface area contributed by atoms with Crippen LogP contribution in [-0.4, -0.2) is 16.1 Å². The van der Waals surface area contributed by atoms with Gasteiger partial charge in [0.1, 0.15) is 5.75 Å². The molecule has 6 heteroatoms. The van der Waals surface area contributed by atoms with E-state index in [-0.39, 0.29) is 11.9 Å². The van der Waals surface area contributed by atoms with E-state index in [1.807, 2.05) is 41.3 Å². The third kappa shape index (κ3) is 3.39. The van der Waals surface area contributed by atoms with E-state index in [1.165, 1.54) is 0 Å². The average Bonchev–Trinajstić information content (AvgIpc) is 3.05. The minimum absolute atomic E-state index is 0.0333. The Morgan fingerprint density at radius 1 is 1.08 bits per heavy atom. The Morgan fingerprint density at radius 2 is 1.92 bits per heavy atom. The number of nitrogens with zero attached hydrogens (tertiary/aromatic N) is 3. The lowest BCUT2D eigenvalue weighted by Gasteiger charge is -2.25. The van der Waals surface area contributed by atoms with Gasteiger partial charge in [0.05, 0.1) is 6.04 Å². The zero-order chi connectivity index (χ0) is 17.9. The highest BCUT2D eigenvalue weighted by molar-refractivity contribution is 6.30. The topological polar surface area (TPSA) is 55.3 Å². The fourth-order valence-electron chi connectivity index (χ4n) is 3.17. The molecule has 2 heterocycles. The van der Waals surface area contributed by atoms with Crippen LogP contribution < -0.4 is 9.64 Å². The molecule has 2 aromatic carbocycles. The maximum absolute atomic E-state index is 12.5. The van der Waals surface area contributed by atoms with Crippen molar-refractivity contribution in [3.05, 3.63) is 77.4 Å². The minimum atomic E-state index is -0.0333. The number of carbonyl (C=O) groups excluding carboxylic acids is 1. The molecular weight excluding hydrogens is 350 g/mol. The van der Waals surface area contributed by atoms with E-state index in [2.05, 4.69) is 10.2 Å². The molecule has 1 aliphatic heterocycles. The first-order chi connectivity index (χ1) is 12.7. The third-order valence-corrected chi connectivity index (χ3v) is 4.58.